The SMILES string of the molecule is Cc1ccc(C(=O)N2c3ccccc3C[C@@H]2C)cc1NS(=O)(=O)c1ccccc1. The van der Waals surface area contributed by atoms with Gasteiger partial charge in [-0.2, -0.15) is 0 Å². The van der Waals surface area contributed by atoms with E-state index < -0.39 is 10.0 Å². The van der Waals surface area contributed by atoms with Crippen LogP contribution in [0.25, 0.3) is 0 Å². The van der Waals surface area contributed by atoms with Crippen LogP contribution in [0.1, 0.15) is 28.4 Å². The van der Waals surface area contributed by atoms with Crippen LogP contribution in [-0.2, 0) is 16.4 Å². The Bertz CT molecular complexity index is 1170. The minimum Gasteiger partial charge on any atom is -0.305 e. The van der Waals surface area contributed by atoms with Gasteiger partial charge in [-0.05, 0) is 61.7 Å². The number of hydrogen-bond acceptors (Lipinski definition) is 3. The second kappa shape index (κ2) is 7.37. The van der Waals surface area contributed by atoms with Gasteiger partial charge in [-0.3, -0.25) is 9.52 Å². The molecule has 0 radical (unpaired) electrons. The molecular formula is C23H22N2O3S. The van der Waals surface area contributed by atoms with Gasteiger partial charge in [0.1, 0.15) is 0 Å². The number of hydrogen-bond donors (Lipinski definition) is 1. The van der Waals surface area contributed by atoms with Crippen LogP contribution in [0.2, 0.25) is 0 Å². The quantitative estimate of drug-likeness (QED) is 0.699. The van der Waals surface area contributed by atoms with E-state index in [2.05, 4.69) is 4.72 Å². The van der Waals surface area contributed by atoms with E-state index in [1.165, 1.54) is 12.1 Å². The number of nitrogens with one attached hydrogen (secondary N) is 1. The highest BCUT2D eigenvalue weighted by molar-refractivity contribution is 7.92. The molecule has 1 aliphatic rings. The molecule has 0 fully saturated rings. The Kier molecular flexibility index (Phi) is 4.88. The Morgan fingerprint density at radius 1 is 1.00 bits per heavy atom. The van der Waals surface area contributed by atoms with Gasteiger partial charge in [-0.1, -0.05) is 42.5 Å². The molecule has 3 aromatic rings. The third kappa shape index (κ3) is 3.63. The fourth-order valence-electron chi connectivity index (χ4n) is 3.68. The third-order valence-corrected chi connectivity index (χ3v) is 6.59. The molecule has 3 aromatic carbocycles. The first kappa shape index (κ1) is 19.2. The maximum absolute atomic E-state index is 13.3. The van der Waals surface area contributed by atoms with Crippen LogP contribution < -0.4 is 9.62 Å². The fraction of sp³-hybridized carbons (Fsp3) is 0.174. The first-order chi connectivity index (χ1) is 13.9. The fourth-order valence-corrected chi connectivity index (χ4v) is 4.83. The van der Waals surface area contributed by atoms with Crippen LogP contribution in [-0.4, -0.2) is 20.4 Å². The molecule has 5 nitrogen and oxygen atoms in total. The smallest absolute Gasteiger partial charge is 0.261 e. The summed E-state index contributed by atoms with van der Waals surface area (Å²) in [4.78, 5) is 15.2. The summed E-state index contributed by atoms with van der Waals surface area (Å²) in [5.41, 5.74) is 3.66. The van der Waals surface area contributed by atoms with Crippen LogP contribution in [0, 0.1) is 6.92 Å². The lowest BCUT2D eigenvalue weighted by atomic mass is 10.1. The largest absolute Gasteiger partial charge is 0.305 e. The van der Waals surface area contributed by atoms with Gasteiger partial charge in [0, 0.05) is 17.3 Å². The summed E-state index contributed by atoms with van der Waals surface area (Å²) in [6, 6.07) is 21.2. The number of carbonyl (C=O) groups is 1. The van der Waals surface area contributed by atoms with Gasteiger partial charge in [0.05, 0.1) is 10.6 Å². The maximum atomic E-state index is 13.3. The molecule has 1 N–H and O–H groups in total. The number of aryl methyl sites for hydroxylation is 1. The molecule has 0 aliphatic carbocycles. The highest BCUT2D eigenvalue weighted by Crippen LogP contribution is 2.33. The van der Waals surface area contributed by atoms with E-state index >= 15 is 0 Å². The lowest BCUT2D eigenvalue weighted by molar-refractivity contribution is 0.0981. The predicted molar refractivity (Wildman–Crippen MR) is 115 cm³/mol. The monoisotopic (exact) mass is 406 g/mol. The minimum atomic E-state index is -3.73. The van der Waals surface area contributed by atoms with Crippen molar-refractivity contribution in [3.63, 3.8) is 0 Å². The van der Waals surface area contributed by atoms with Crippen LogP contribution in [0.4, 0.5) is 11.4 Å². The average molecular weight is 407 g/mol. The molecule has 6 heteroatoms. The van der Waals surface area contributed by atoms with Gasteiger partial charge >= 0.3 is 0 Å². The molecule has 1 amide bonds. The molecule has 0 unspecified atom stereocenters. The van der Waals surface area contributed by atoms with Crippen molar-refractivity contribution in [2.45, 2.75) is 31.2 Å². The number of nitrogens with zero attached hydrogens (tertiary/aromatic N) is 1. The number of carbonyl (C=O) groups excluding carboxylic acids is 1. The molecule has 0 spiro atoms. The van der Waals surface area contributed by atoms with Crippen molar-refractivity contribution < 1.29 is 13.2 Å². The van der Waals surface area contributed by atoms with Gasteiger partial charge in [0.2, 0.25) is 0 Å². The second-order valence-corrected chi connectivity index (χ2v) is 8.99. The summed E-state index contributed by atoms with van der Waals surface area (Å²) in [6.45, 7) is 3.83. The second-order valence-electron chi connectivity index (χ2n) is 7.31. The van der Waals surface area contributed by atoms with E-state index in [4.69, 9.17) is 0 Å². The van der Waals surface area contributed by atoms with E-state index in [1.807, 2.05) is 38.1 Å². The van der Waals surface area contributed by atoms with Crippen LogP contribution in [0.15, 0.2) is 77.7 Å². The van der Waals surface area contributed by atoms with Gasteiger partial charge < -0.3 is 4.90 Å². The zero-order chi connectivity index (χ0) is 20.6. The van der Waals surface area contributed by atoms with E-state index in [9.17, 15) is 13.2 Å². The molecule has 148 valence electrons. The zero-order valence-corrected chi connectivity index (χ0v) is 17.1. The van der Waals surface area contributed by atoms with Gasteiger partial charge in [-0.15, -0.1) is 0 Å². The van der Waals surface area contributed by atoms with Crippen LogP contribution >= 0.6 is 0 Å². The number of rotatable bonds is 4. The van der Waals surface area contributed by atoms with Crippen molar-refractivity contribution in [3.8, 4) is 0 Å². The van der Waals surface area contributed by atoms with Crippen molar-refractivity contribution in [1.29, 1.82) is 0 Å². The van der Waals surface area contributed by atoms with Gasteiger partial charge in [0.15, 0.2) is 0 Å². The van der Waals surface area contributed by atoms with E-state index in [0.29, 0.717) is 11.3 Å². The summed E-state index contributed by atoms with van der Waals surface area (Å²) in [7, 11) is -3.73. The number of para-hydroxylation sites is 1. The molecule has 1 atom stereocenters. The first-order valence-corrected chi connectivity index (χ1v) is 10.9. The predicted octanol–water partition coefficient (Wildman–Crippen LogP) is 4.39. The molecule has 0 saturated carbocycles. The number of amides is 1. The number of benzene rings is 3. The minimum absolute atomic E-state index is 0.0469. The lowest BCUT2D eigenvalue weighted by Crippen LogP contribution is -2.35. The summed E-state index contributed by atoms with van der Waals surface area (Å²) in [5, 5.41) is 0. The highest BCUT2D eigenvalue weighted by Gasteiger charge is 2.31. The molecule has 4 rings (SSSR count). The maximum Gasteiger partial charge on any atom is 0.261 e. The Morgan fingerprint density at radius 2 is 1.69 bits per heavy atom. The standard InChI is InChI=1S/C23H22N2O3S/c1-16-12-13-19(15-21(16)24-29(27,28)20-9-4-3-5-10-20)23(26)25-17(2)14-18-8-6-7-11-22(18)25/h3-13,15,17,24H,14H2,1-2H3/t17-/m0/s1. The van der Waals surface area contributed by atoms with E-state index in [0.717, 1.165) is 23.2 Å². The molecule has 0 bridgehead atoms. The van der Waals surface area contributed by atoms with Crippen molar-refractivity contribution >= 4 is 27.3 Å². The summed E-state index contributed by atoms with van der Waals surface area (Å²) < 4.78 is 28.0. The normalized spacial score (nSPS) is 15.8. The van der Waals surface area contributed by atoms with Crippen molar-refractivity contribution in [2.24, 2.45) is 0 Å². The summed E-state index contributed by atoms with van der Waals surface area (Å²) >= 11 is 0. The van der Waals surface area contributed by atoms with Crippen molar-refractivity contribution in [1.82, 2.24) is 0 Å². The van der Waals surface area contributed by atoms with E-state index in [1.54, 1.807) is 41.3 Å². The molecule has 29 heavy (non-hydrogen) atoms. The van der Waals surface area contributed by atoms with Crippen molar-refractivity contribution in [3.05, 3.63) is 89.5 Å². The molecular weight excluding hydrogens is 384 g/mol. The molecule has 1 heterocycles. The Morgan fingerprint density at radius 3 is 2.45 bits per heavy atom. The number of fused-ring (bicyclic) bond motifs is 1. The Labute approximate surface area is 171 Å². The summed E-state index contributed by atoms with van der Waals surface area (Å²) in [5.74, 6) is -0.136. The van der Waals surface area contributed by atoms with E-state index in [-0.39, 0.29) is 16.8 Å². The first-order valence-electron chi connectivity index (χ1n) is 9.47. The highest BCUT2D eigenvalue weighted by atomic mass is 32.2. The molecule has 0 saturated heterocycles. The third-order valence-electron chi connectivity index (χ3n) is 5.21. The Hall–Kier alpha value is -3.12. The Balaban J connectivity index is 1.66. The number of sulfonamides is 1. The van der Waals surface area contributed by atoms with Gasteiger partial charge in [0.25, 0.3) is 15.9 Å². The van der Waals surface area contributed by atoms with Gasteiger partial charge in [-0.25, -0.2) is 8.42 Å². The zero-order valence-electron chi connectivity index (χ0n) is 16.3. The molecule has 0 aromatic heterocycles. The van der Waals surface area contributed by atoms with Crippen LogP contribution in [0.5, 0.6) is 0 Å². The average Bonchev–Trinajstić information content (AvgIpc) is 3.05. The topological polar surface area (TPSA) is 66.5 Å². The summed E-state index contributed by atoms with van der Waals surface area (Å²) in [6.07, 6.45) is 0.807. The van der Waals surface area contributed by atoms with Crippen molar-refractivity contribution in [2.75, 3.05) is 9.62 Å². The van der Waals surface area contributed by atoms with Crippen LogP contribution in [0.3, 0.4) is 0 Å². The molecule has 1 aliphatic heterocycles. The number of anilines is 2. The lowest BCUT2D eigenvalue weighted by Gasteiger charge is -2.23.